The summed E-state index contributed by atoms with van der Waals surface area (Å²) in [6.45, 7) is 1.71. The van der Waals surface area contributed by atoms with Crippen LogP contribution < -0.4 is 5.73 Å². The van der Waals surface area contributed by atoms with Crippen molar-refractivity contribution in [2.75, 3.05) is 18.6 Å². The lowest BCUT2D eigenvalue weighted by molar-refractivity contribution is 0.164. The molecule has 17 heavy (non-hydrogen) atoms. The van der Waals surface area contributed by atoms with Crippen molar-refractivity contribution in [3.63, 3.8) is 0 Å². The largest absolute Gasteiger partial charge is 0.448 e. The Morgan fingerprint density at radius 3 is 2.76 bits per heavy atom. The maximum Gasteiger partial charge on any atom is 0.442 e. The van der Waals surface area contributed by atoms with Crippen molar-refractivity contribution in [2.24, 2.45) is 4.36 Å². The monoisotopic (exact) mass is 260 g/mol. The van der Waals surface area contributed by atoms with Crippen LogP contribution in [-0.2, 0) is 14.5 Å². The maximum absolute atomic E-state index is 13.5. The summed E-state index contributed by atoms with van der Waals surface area (Å²) in [7, 11) is -3.16. The molecule has 0 fully saturated rings. The Morgan fingerprint density at radius 2 is 2.24 bits per heavy atom. The molecule has 1 rings (SSSR count). The van der Waals surface area contributed by atoms with Gasteiger partial charge in [0.05, 0.1) is 21.2 Å². The average Bonchev–Trinajstić information content (AvgIpc) is 2.15. The van der Waals surface area contributed by atoms with Gasteiger partial charge in [0.25, 0.3) is 0 Å². The predicted molar refractivity (Wildman–Crippen MR) is 62.6 cm³/mol. The fourth-order valence-electron chi connectivity index (χ4n) is 1.17. The number of benzene rings is 1. The van der Waals surface area contributed by atoms with Crippen LogP contribution in [0.3, 0.4) is 0 Å². The number of hydrogen-bond acceptors (Lipinski definition) is 4. The van der Waals surface area contributed by atoms with Gasteiger partial charge in [-0.1, -0.05) is 0 Å². The standard InChI is InChI=1S/C10H13FN2O3S/c1-3-16-10(14)13-17(2,15)9-5-4-7(12)6-8(9)11/h4-6H,3,12H2,1-2H3. The van der Waals surface area contributed by atoms with Crippen molar-refractivity contribution in [1.29, 1.82) is 0 Å². The Balaban J connectivity index is 3.22. The second-order valence-electron chi connectivity index (χ2n) is 3.28. The summed E-state index contributed by atoms with van der Waals surface area (Å²) >= 11 is 0. The van der Waals surface area contributed by atoms with Gasteiger partial charge in [-0.15, -0.1) is 4.36 Å². The highest BCUT2D eigenvalue weighted by Crippen LogP contribution is 2.19. The highest BCUT2D eigenvalue weighted by Gasteiger charge is 2.14. The first-order valence-corrected chi connectivity index (χ1v) is 6.73. The number of rotatable bonds is 2. The molecule has 0 aliphatic carbocycles. The molecule has 0 aliphatic heterocycles. The van der Waals surface area contributed by atoms with E-state index in [2.05, 4.69) is 9.10 Å². The zero-order valence-corrected chi connectivity index (χ0v) is 10.3. The predicted octanol–water partition coefficient (Wildman–Crippen LogP) is 2.02. The number of carbonyl (C=O) groups is 1. The molecule has 0 spiro atoms. The second kappa shape index (κ2) is 5.13. The molecule has 1 atom stereocenters. The molecular formula is C10H13FN2O3S. The second-order valence-corrected chi connectivity index (χ2v) is 5.51. The van der Waals surface area contributed by atoms with Gasteiger partial charge < -0.3 is 10.5 Å². The molecule has 5 nitrogen and oxygen atoms in total. The van der Waals surface area contributed by atoms with Gasteiger partial charge in [0, 0.05) is 11.9 Å². The summed E-state index contributed by atoms with van der Waals surface area (Å²) in [5, 5.41) is 0. The van der Waals surface area contributed by atoms with Crippen molar-refractivity contribution in [3.8, 4) is 0 Å². The average molecular weight is 260 g/mol. The maximum atomic E-state index is 13.5. The van der Waals surface area contributed by atoms with Crippen LogP contribution in [0.4, 0.5) is 14.9 Å². The van der Waals surface area contributed by atoms with E-state index in [-0.39, 0.29) is 17.2 Å². The van der Waals surface area contributed by atoms with Crippen molar-refractivity contribution in [3.05, 3.63) is 24.0 Å². The first-order valence-electron chi connectivity index (χ1n) is 4.80. The van der Waals surface area contributed by atoms with E-state index < -0.39 is 21.6 Å². The van der Waals surface area contributed by atoms with E-state index in [0.717, 1.165) is 6.07 Å². The zero-order chi connectivity index (χ0) is 13.1. The van der Waals surface area contributed by atoms with Crippen LogP contribution in [0.1, 0.15) is 6.92 Å². The van der Waals surface area contributed by atoms with Gasteiger partial charge in [0.15, 0.2) is 0 Å². The molecule has 0 saturated carbocycles. The van der Waals surface area contributed by atoms with Crippen molar-refractivity contribution >= 4 is 21.5 Å². The van der Waals surface area contributed by atoms with Gasteiger partial charge >= 0.3 is 6.09 Å². The van der Waals surface area contributed by atoms with Gasteiger partial charge in [-0.3, -0.25) is 0 Å². The first-order chi connectivity index (χ1) is 7.86. The molecule has 1 unspecified atom stereocenters. The van der Waals surface area contributed by atoms with Crippen LogP contribution in [0.2, 0.25) is 0 Å². The van der Waals surface area contributed by atoms with Crippen LogP contribution in [0.15, 0.2) is 27.5 Å². The quantitative estimate of drug-likeness (QED) is 0.825. The van der Waals surface area contributed by atoms with Gasteiger partial charge in [-0.25, -0.2) is 13.4 Å². The minimum absolute atomic E-state index is 0.113. The number of halogens is 1. The van der Waals surface area contributed by atoms with Gasteiger partial charge in [0.1, 0.15) is 5.82 Å². The number of nitrogen functional groups attached to an aromatic ring is 1. The Bertz CT molecular complexity index is 550. The minimum Gasteiger partial charge on any atom is -0.448 e. The number of ether oxygens (including phenoxy) is 1. The Morgan fingerprint density at radius 1 is 1.59 bits per heavy atom. The Labute approximate surface area is 99.0 Å². The highest BCUT2D eigenvalue weighted by molar-refractivity contribution is 7.93. The molecule has 2 N–H and O–H groups in total. The van der Waals surface area contributed by atoms with Crippen LogP contribution in [0.25, 0.3) is 0 Å². The summed E-state index contributed by atoms with van der Waals surface area (Å²) in [5.41, 5.74) is 5.57. The topological polar surface area (TPSA) is 81.8 Å². The van der Waals surface area contributed by atoms with Gasteiger partial charge in [-0.2, -0.15) is 0 Å². The lowest BCUT2D eigenvalue weighted by Gasteiger charge is -2.06. The molecule has 0 aliphatic rings. The van der Waals surface area contributed by atoms with Crippen LogP contribution in [0.5, 0.6) is 0 Å². The lowest BCUT2D eigenvalue weighted by atomic mass is 10.3. The van der Waals surface area contributed by atoms with E-state index in [0.29, 0.717) is 0 Å². The van der Waals surface area contributed by atoms with Crippen molar-refractivity contribution in [1.82, 2.24) is 0 Å². The molecule has 0 heterocycles. The lowest BCUT2D eigenvalue weighted by Crippen LogP contribution is -2.07. The number of nitrogens with zero attached hydrogens (tertiary/aromatic N) is 1. The zero-order valence-electron chi connectivity index (χ0n) is 9.47. The fourth-order valence-corrected chi connectivity index (χ4v) is 2.34. The van der Waals surface area contributed by atoms with Crippen LogP contribution >= 0.6 is 0 Å². The smallest absolute Gasteiger partial charge is 0.442 e. The molecular weight excluding hydrogens is 247 g/mol. The van der Waals surface area contributed by atoms with E-state index >= 15 is 0 Å². The molecule has 94 valence electrons. The van der Waals surface area contributed by atoms with Crippen molar-refractivity contribution < 1.29 is 18.1 Å². The van der Waals surface area contributed by atoms with Crippen LogP contribution in [0, 0.1) is 5.82 Å². The fraction of sp³-hybridized carbons (Fsp3) is 0.300. The minimum atomic E-state index is -3.16. The number of carbonyl (C=O) groups excluding carboxylic acids is 1. The normalized spacial score (nSPS) is 13.8. The SMILES string of the molecule is CCOC(=O)N=S(C)(=O)c1ccc(N)cc1F. The number of amides is 1. The third-order valence-corrected chi connectivity index (χ3v) is 3.53. The molecule has 7 heteroatoms. The third-order valence-electron chi connectivity index (χ3n) is 1.88. The van der Waals surface area contributed by atoms with E-state index in [1.807, 2.05) is 0 Å². The van der Waals surface area contributed by atoms with E-state index in [1.165, 1.54) is 18.4 Å². The number of nitrogens with two attached hydrogens (primary N) is 1. The van der Waals surface area contributed by atoms with E-state index in [1.54, 1.807) is 6.92 Å². The summed E-state index contributed by atoms with van der Waals surface area (Å²) in [6.07, 6.45) is 0.189. The first kappa shape index (κ1) is 13.4. The molecule has 0 saturated heterocycles. The Kier molecular flexibility index (Phi) is 4.06. The molecule has 0 aromatic heterocycles. The number of hydrogen-bond donors (Lipinski definition) is 1. The molecule has 1 aromatic rings. The van der Waals surface area contributed by atoms with E-state index in [9.17, 15) is 13.4 Å². The van der Waals surface area contributed by atoms with Gasteiger partial charge in [-0.05, 0) is 25.1 Å². The van der Waals surface area contributed by atoms with E-state index in [4.69, 9.17) is 5.73 Å². The van der Waals surface area contributed by atoms with Crippen LogP contribution in [-0.4, -0.2) is 23.2 Å². The molecule has 1 amide bonds. The highest BCUT2D eigenvalue weighted by atomic mass is 32.2. The summed E-state index contributed by atoms with van der Waals surface area (Å²) in [6, 6.07) is 3.66. The Hall–Kier alpha value is -1.63. The van der Waals surface area contributed by atoms with Gasteiger partial charge in [0.2, 0.25) is 0 Å². The molecule has 0 bridgehead atoms. The third kappa shape index (κ3) is 3.42. The van der Waals surface area contributed by atoms with Crippen molar-refractivity contribution in [2.45, 2.75) is 11.8 Å². The summed E-state index contributed by atoms with van der Waals surface area (Å²) in [5.74, 6) is -0.759. The molecule has 1 aromatic carbocycles. The molecule has 0 radical (unpaired) electrons. The summed E-state index contributed by atoms with van der Waals surface area (Å²) < 4.78 is 33.4. The summed E-state index contributed by atoms with van der Waals surface area (Å²) in [4.78, 5) is 10.9. The number of anilines is 1.